The molecule has 0 radical (unpaired) electrons. The molecule has 2 N–H and O–H groups in total. The first kappa shape index (κ1) is 13.4. The Balaban J connectivity index is 2.30. The van der Waals surface area contributed by atoms with Crippen LogP contribution in [-0.4, -0.2) is 7.11 Å². The van der Waals surface area contributed by atoms with Crippen molar-refractivity contribution in [2.75, 3.05) is 12.8 Å². The number of hydrogen-bond acceptors (Lipinski definition) is 4. The topological polar surface area (TPSA) is 60.0 Å². The van der Waals surface area contributed by atoms with Crippen LogP contribution < -0.4 is 10.5 Å². The van der Waals surface area contributed by atoms with E-state index in [1.54, 1.807) is 37.4 Å². The van der Waals surface area contributed by atoms with E-state index >= 15 is 0 Å². The molecule has 0 aliphatic rings. The average Bonchev–Trinajstić information content (AvgIpc) is 2.40. The van der Waals surface area contributed by atoms with Gasteiger partial charge in [0.15, 0.2) is 0 Å². The second kappa shape index (κ2) is 5.71. The molecule has 0 saturated carbocycles. The van der Waals surface area contributed by atoms with Crippen molar-refractivity contribution >= 4 is 28.7 Å². The first-order valence-electron chi connectivity index (χ1n) is 5.71. The average molecular weight is 276 g/mol. The molecule has 2 aromatic carbocycles. The van der Waals surface area contributed by atoms with Gasteiger partial charge in [0.05, 0.1) is 24.2 Å². The van der Waals surface area contributed by atoms with Crippen LogP contribution in [0.3, 0.4) is 0 Å². The minimum absolute atomic E-state index is 0.588. The quantitative estimate of drug-likeness (QED) is 0.654. The van der Waals surface area contributed by atoms with Crippen LogP contribution in [0, 0.1) is 6.92 Å². The van der Waals surface area contributed by atoms with Crippen LogP contribution in [0.15, 0.2) is 46.6 Å². The summed E-state index contributed by atoms with van der Waals surface area (Å²) in [5, 5.41) is 9.03. The van der Waals surface area contributed by atoms with E-state index in [4.69, 9.17) is 22.1 Å². The van der Waals surface area contributed by atoms with Crippen LogP contribution in [0.4, 0.5) is 17.1 Å². The monoisotopic (exact) mass is 275 g/mol. The van der Waals surface area contributed by atoms with Gasteiger partial charge in [0.1, 0.15) is 5.75 Å². The summed E-state index contributed by atoms with van der Waals surface area (Å²) in [5.41, 5.74) is 8.80. The van der Waals surface area contributed by atoms with E-state index < -0.39 is 0 Å². The minimum atomic E-state index is 0.588. The van der Waals surface area contributed by atoms with Crippen molar-refractivity contribution in [3.63, 3.8) is 0 Å². The summed E-state index contributed by atoms with van der Waals surface area (Å²) in [6, 6.07) is 10.7. The van der Waals surface area contributed by atoms with E-state index in [1.807, 2.05) is 13.0 Å². The molecule has 0 aromatic heterocycles. The molecule has 2 rings (SSSR count). The normalized spacial score (nSPS) is 10.9. The van der Waals surface area contributed by atoms with Crippen LogP contribution in [0.25, 0.3) is 0 Å². The summed E-state index contributed by atoms with van der Waals surface area (Å²) in [7, 11) is 1.57. The zero-order valence-electron chi connectivity index (χ0n) is 10.7. The Morgan fingerprint density at radius 1 is 1.11 bits per heavy atom. The highest BCUT2D eigenvalue weighted by Gasteiger charge is 2.04. The second-order valence-electron chi connectivity index (χ2n) is 4.06. The number of halogens is 1. The molecule has 0 saturated heterocycles. The zero-order chi connectivity index (χ0) is 13.8. The highest BCUT2D eigenvalue weighted by Crippen LogP contribution is 2.31. The first-order valence-corrected chi connectivity index (χ1v) is 6.09. The standard InChI is InChI=1S/C14H14ClN3O/c1-9-7-12(16)14(19-2)8-13(9)18-17-11-5-3-10(15)4-6-11/h3-8H,16H2,1-2H3. The van der Waals surface area contributed by atoms with Gasteiger partial charge in [-0.3, -0.25) is 0 Å². The van der Waals surface area contributed by atoms with E-state index in [0.717, 1.165) is 16.9 Å². The number of anilines is 1. The lowest BCUT2D eigenvalue weighted by atomic mass is 10.1. The van der Waals surface area contributed by atoms with Gasteiger partial charge in [-0.2, -0.15) is 10.2 Å². The smallest absolute Gasteiger partial charge is 0.143 e. The van der Waals surface area contributed by atoms with Crippen LogP contribution in [0.2, 0.25) is 5.02 Å². The van der Waals surface area contributed by atoms with Gasteiger partial charge in [0, 0.05) is 11.1 Å². The molecule has 19 heavy (non-hydrogen) atoms. The summed E-state index contributed by atoms with van der Waals surface area (Å²) < 4.78 is 5.16. The van der Waals surface area contributed by atoms with Gasteiger partial charge in [-0.15, -0.1) is 0 Å². The number of rotatable bonds is 3. The third kappa shape index (κ3) is 3.23. The molecule has 0 aliphatic heterocycles. The van der Waals surface area contributed by atoms with Gasteiger partial charge < -0.3 is 10.5 Å². The Kier molecular flexibility index (Phi) is 4.02. The molecule has 4 nitrogen and oxygen atoms in total. The fourth-order valence-electron chi connectivity index (χ4n) is 1.60. The maximum absolute atomic E-state index is 5.81. The molecule has 0 aliphatic carbocycles. The summed E-state index contributed by atoms with van der Waals surface area (Å²) in [6.07, 6.45) is 0. The lowest BCUT2D eigenvalue weighted by Gasteiger charge is -2.07. The number of benzene rings is 2. The molecular formula is C14H14ClN3O. The molecule has 0 unspecified atom stereocenters. The third-order valence-electron chi connectivity index (χ3n) is 2.65. The number of methoxy groups -OCH3 is 1. The molecule has 0 spiro atoms. The van der Waals surface area contributed by atoms with Gasteiger partial charge in [-0.05, 0) is 42.8 Å². The number of azo groups is 1. The van der Waals surface area contributed by atoms with E-state index in [0.29, 0.717) is 16.5 Å². The van der Waals surface area contributed by atoms with Crippen LogP contribution >= 0.6 is 11.6 Å². The molecule has 98 valence electrons. The summed E-state index contributed by atoms with van der Waals surface area (Å²) in [6.45, 7) is 1.92. The van der Waals surface area contributed by atoms with Crippen molar-refractivity contribution in [1.29, 1.82) is 0 Å². The van der Waals surface area contributed by atoms with E-state index in [1.165, 1.54) is 0 Å². The summed E-state index contributed by atoms with van der Waals surface area (Å²) in [5.74, 6) is 0.593. The lowest BCUT2D eigenvalue weighted by molar-refractivity contribution is 0.417. The van der Waals surface area contributed by atoms with Crippen molar-refractivity contribution < 1.29 is 4.74 Å². The second-order valence-corrected chi connectivity index (χ2v) is 4.49. The predicted octanol–water partition coefficient (Wildman–Crippen LogP) is 4.65. The van der Waals surface area contributed by atoms with Crippen molar-refractivity contribution in [1.82, 2.24) is 0 Å². The summed E-state index contributed by atoms with van der Waals surface area (Å²) in [4.78, 5) is 0. The Labute approximate surface area is 116 Å². The molecular weight excluding hydrogens is 262 g/mol. The molecule has 0 bridgehead atoms. The Bertz CT molecular complexity index is 609. The van der Waals surface area contributed by atoms with Crippen molar-refractivity contribution in [2.45, 2.75) is 6.92 Å². The number of nitrogens with zero attached hydrogens (tertiary/aromatic N) is 2. The number of aryl methyl sites for hydroxylation is 1. The highest BCUT2D eigenvalue weighted by atomic mass is 35.5. The van der Waals surface area contributed by atoms with E-state index in [-0.39, 0.29) is 0 Å². The van der Waals surface area contributed by atoms with Gasteiger partial charge >= 0.3 is 0 Å². The minimum Gasteiger partial charge on any atom is -0.495 e. The lowest BCUT2D eigenvalue weighted by Crippen LogP contribution is -1.92. The maximum Gasteiger partial charge on any atom is 0.143 e. The number of nitrogen functional groups attached to an aromatic ring is 1. The maximum atomic E-state index is 5.81. The Morgan fingerprint density at radius 2 is 1.79 bits per heavy atom. The van der Waals surface area contributed by atoms with Gasteiger partial charge in [0.25, 0.3) is 0 Å². The van der Waals surface area contributed by atoms with Gasteiger partial charge in [0.2, 0.25) is 0 Å². The van der Waals surface area contributed by atoms with E-state index in [2.05, 4.69) is 10.2 Å². The largest absolute Gasteiger partial charge is 0.495 e. The van der Waals surface area contributed by atoms with Crippen molar-refractivity contribution in [2.24, 2.45) is 10.2 Å². The van der Waals surface area contributed by atoms with Crippen molar-refractivity contribution in [3.05, 3.63) is 47.0 Å². The fraction of sp³-hybridized carbons (Fsp3) is 0.143. The van der Waals surface area contributed by atoms with Crippen LogP contribution in [-0.2, 0) is 0 Å². The fourth-order valence-corrected chi connectivity index (χ4v) is 1.73. The Hall–Kier alpha value is -2.07. The van der Waals surface area contributed by atoms with Gasteiger partial charge in [-0.25, -0.2) is 0 Å². The SMILES string of the molecule is COc1cc(N=Nc2ccc(Cl)cc2)c(C)cc1N. The third-order valence-corrected chi connectivity index (χ3v) is 2.90. The number of ether oxygens (including phenoxy) is 1. The Morgan fingerprint density at radius 3 is 2.42 bits per heavy atom. The van der Waals surface area contributed by atoms with Crippen LogP contribution in [0.1, 0.15) is 5.56 Å². The highest BCUT2D eigenvalue weighted by molar-refractivity contribution is 6.30. The van der Waals surface area contributed by atoms with Crippen molar-refractivity contribution in [3.8, 4) is 5.75 Å². The molecule has 2 aromatic rings. The predicted molar refractivity (Wildman–Crippen MR) is 77.8 cm³/mol. The van der Waals surface area contributed by atoms with E-state index in [9.17, 15) is 0 Å². The molecule has 0 fully saturated rings. The van der Waals surface area contributed by atoms with Crippen LogP contribution in [0.5, 0.6) is 5.75 Å². The molecule has 0 atom stereocenters. The zero-order valence-corrected chi connectivity index (χ0v) is 11.5. The first-order chi connectivity index (χ1) is 9.10. The molecule has 0 amide bonds. The molecule has 0 heterocycles. The molecule has 5 heteroatoms. The van der Waals surface area contributed by atoms with Gasteiger partial charge in [-0.1, -0.05) is 11.6 Å². The summed E-state index contributed by atoms with van der Waals surface area (Å²) >= 11 is 5.81. The number of nitrogens with two attached hydrogens (primary N) is 1. The number of hydrogen-bond donors (Lipinski definition) is 1.